The molecule has 0 aliphatic heterocycles. The molecule has 0 heterocycles. The van der Waals surface area contributed by atoms with Gasteiger partial charge in [0, 0.05) is 31.8 Å². The molecule has 3 heteroatoms. The van der Waals surface area contributed by atoms with Crippen molar-refractivity contribution in [3.05, 3.63) is 0 Å². The molecule has 0 radical (unpaired) electrons. The van der Waals surface area contributed by atoms with Crippen molar-refractivity contribution in [2.24, 2.45) is 5.92 Å². The van der Waals surface area contributed by atoms with Gasteiger partial charge in [-0.3, -0.25) is 4.90 Å². The number of likely N-dealkylation sites (N-methyl/N-ethyl adjacent to an activating group) is 1. The number of hydrogen-bond donors (Lipinski definition) is 1. The fourth-order valence-electron chi connectivity index (χ4n) is 3.31. The van der Waals surface area contributed by atoms with E-state index in [1.165, 1.54) is 25.7 Å². The Labute approximate surface area is 113 Å². The fourth-order valence-corrected chi connectivity index (χ4v) is 3.31. The van der Waals surface area contributed by atoms with Gasteiger partial charge in [0.2, 0.25) is 0 Å². The highest BCUT2D eigenvalue weighted by Crippen LogP contribution is 2.30. The van der Waals surface area contributed by atoms with Crippen LogP contribution in [0.4, 0.5) is 0 Å². The van der Waals surface area contributed by atoms with Crippen LogP contribution in [0.15, 0.2) is 0 Å². The molecule has 0 spiro atoms. The van der Waals surface area contributed by atoms with E-state index in [0.29, 0.717) is 18.1 Å². The van der Waals surface area contributed by atoms with Crippen LogP contribution < -0.4 is 5.32 Å². The molecule has 18 heavy (non-hydrogen) atoms. The van der Waals surface area contributed by atoms with Crippen molar-refractivity contribution >= 4 is 0 Å². The van der Waals surface area contributed by atoms with Crippen LogP contribution in [0, 0.1) is 5.92 Å². The number of rotatable bonds is 7. The third-order valence-corrected chi connectivity index (χ3v) is 4.52. The van der Waals surface area contributed by atoms with Crippen molar-refractivity contribution in [3.8, 4) is 0 Å². The predicted molar refractivity (Wildman–Crippen MR) is 78.0 cm³/mol. The first kappa shape index (κ1) is 15.9. The molecule has 0 aromatic rings. The summed E-state index contributed by atoms with van der Waals surface area (Å²) in [5.74, 6) is 0.906. The Morgan fingerprint density at radius 2 is 2.06 bits per heavy atom. The second-order valence-electron chi connectivity index (χ2n) is 5.87. The lowest BCUT2D eigenvalue weighted by molar-refractivity contribution is 0.0477. The highest BCUT2D eigenvalue weighted by molar-refractivity contribution is 4.91. The van der Waals surface area contributed by atoms with E-state index in [9.17, 15) is 0 Å². The summed E-state index contributed by atoms with van der Waals surface area (Å²) in [6.07, 6.45) is 5.36. The average Bonchev–Trinajstić information content (AvgIpc) is 2.38. The van der Waals surface area contributed by atoms with Gasteiger partial charge in [-0.15, -0.1) is 0 Å². The monoisotopic (exact) mass is 256 g/mol. The molecule has 1 N–H and O–H groups in total. The molecule has 0 aromatic carbocycles. The number of nitrogens with one attached hydrogen (secondary N) is 1. The lowest BCUT2D eigenvalue weighted by Crippen LogP contribution is -2.55. The molecule has 3 atom stereocenters. The van der Waals surface area contributed by atoms with E-state index in [1.54, 1.807) is 7.11 Å². The molecule has 3 nitrogen and oxygen atoms in total. The van der Waals surface area contributed by atoms with Gasteiger partial charge in [-0.2, -0.15) is 0 Å². The van der Waals surface area contributed by atoms with Gasteiger partial charge in [0.05, 0.1) is 6.61 Å². The van der Waals surface area contributed by atoms with Gasteiger partial charge in [-0.05, 0) is 46.1 Å². The number of hydrogen-bond acceptors (Lipinski definition) is 3. The maximum atomic E-state index is 5.27. The van der Waals surface area contributed by atoms with E-state index < -0.39 is 0 Å². The van der Waals surface area contributed by atoms with Crippen LogP contribution in [0.1, 0.15) is 46.5 Å². The zero-order valence-corrected chi connectivity index (χ0v) is 12.9. The summed E-state index contributed by atoms with van der Waals surface area (Å²) in [4.78, 5) is 2.63. The third kappa shape index (κ3) is 4.22. The molecule has 108 valence electrons. The minimum Gasteiger partial charge on any atom is -0.383 e. The van der Waals surface area contributed by atoms with Crippen LogP contribution in [0.3, 0.4) is 0 Å². The number of ether oxygens (including phenoxy) is 1. The molecule has 0 saturated heterocycles. The molecule has 1 fully saturated rings. The summed E-state index contributed by atoms with van der Waals surface area (Å²) in [5.41, 5.74) is 0. The smallest absolute Gasteiger partial charge is 0.0589 e. The summed E-state index contributed by atoms with van der Waals surface area (Å²) in [6.45, 7) is 8.82. The molecule has 1 aliphatic rings. The van der Waals surface area contributed by atoms with E-state index in [0.717, 1.165) is 19.1 Å². The zero-order chi connectivity index (χ0) is 13.5. The van der Waals surface area contributed by atoms with E-state index in [-0.39, 0.29) is 0 Å². The van der Waals surface area contributed by atoms with Crippen molar-refractivity contribution < 1.29 is 4.74 Å². The van der Waals surface area contributed by atoms with Crippen LogP contribution in [0.5, 0.6) is 0 Å². The maximum absolute atomic E-state index is 5.27. The zero-order valence-electron chi connectivity index (χ0n) is 12.9. The summed E-state index contributed by atoms with van der Waals surface area (Å²) in [6, 6.07) is 1.91. The van der Waals surface area contributed by atoms with Gasteiger partial charge in [0.1, 0.15) is 0 Å². The first-order chi connectivity index (χ1) is 8.63. The van der Waals surface area contributed by atoms with Crippen LogP contribution >= 0.6 is 0 Å². The standard InChI is InChI=1S/C15H32N2O/c1-6-13-7-8-14(16-4)15(11-13)17(12(2)3)9-10-18-5/h12-16H,6-11H2,1-5H3. The largest absolute Gasteiger partial charge is 0.383 e. The molecule has 0 bridgehead atoms. The molecule has 0 aromatic heterocycles. The molecule has 1 saturated carbocycles. The fraction of sp³-hybridized carbons (Fsp3) is 1.00. The van der Waals surface area contributed by atoms with Crippen molar-refractivity contribution in [2.45, 2.75) is 64.6 Å². The highest BCUT2D eigenvalue weighted by Gasteiger charge is 2.33. The second kappa shape index (κ2) is 8.13. The van der Waals surface area contributed by atoms with E-state index >= 15 is 0 Å². The van der Waals surface area contributed by atoms with E-state index in [2.05, 4.69) is 38.0 Å². The van der Waals surface area contributed by atoms with Gasteiger partial charge in [0.25, 0.3) is 0 Å². The first-order valence-electron chi connectivity index (χ1n) is 7.55. The van der Waals surface area contributed by atoms with Gasteiger partial charge in [-0.25, -0.2) is 0 Å². The van der Waals surface area contributed by atoms with Gasteiger partial charge in [0.15, 0.2) is 0 Å². The van der Waals surface area contributed by atoms with Crippen LogP contribution in [-0.4, -0.2) is 50.3 Å². The molecule has 0 amide bonds. The van der Waals surface area contributed by atoms with Crippen LogP contribution in [0.25, 0.3) is 0 Å². The van der Waals surface area contributed by atoms with Crippen molar-refractivity contribution in [2.75, 3.05) is 27.3 Å². The molecular formula is C15H32N2O. The Balaban J connectivity index is 2.69. The second-order valence-corrected chi connectivity index (χ2v) is 5.87. The lowest BCUT2D eigenvalue weighted by atomic mass is 9.80. The Kier molecular flexibility index (Phi) is 7.20. The Hall–Kier alpha value is -0.120. The van der Waals surface area contributed by atoms with Crippen molar-refractivity contribution in [1.29, 1.82) is 0 Å². The average molecular weight is 256 g/mol. The predicted octanol–water partition coefficient (Wildman–Crippen LogP) is 2.51. The summed E-state index contributed by atoms with van der Waals surface area (Å²) in [7, 11) is 3.91. The Morgan fingerprint density at radius 1 is 1.33 bits per heavy atom. The first-order valence-corrected chi connectivity index (χ1v) is 7.55. The summed E-state index contributed by atoms with van der Waals surface area (Å²) in [5, 5.41) is 3.53. The lowest BCUT2D eigenvalue weighted by Gasteiger charge is -2.44. The van der Waals surface area contributed by atoms with Crippen LogP contribution in [-0.2, 0) is 4.74 Å². The van der Waals surface area contributed by atoms with E-state index in [1.807, 2.05) is 0 Å². The van der Waals surface area contributed by atoms with Crippen molar-refractivity contribution in [3.63, 3.8) is 0 Å². The van der Waals surface area contributed by atoms with Gasteiger partial charge in [-0.1, -0.05) is 13.3 Å². The molecule has 1 aliphatic carbocycles. The number of methoxy groups -OCH3 is 1. The van der Waals surface area contributed by atoms with E-state index in [4.69, 9.17) is 4.74 Å². The minimum atomic E-state index is 0.594. The third-order valence-electron chi connectivity index (χ3n) is 4.52. The van der Waals surface area contributed by atoms with Crippen molar-refractivity contribution in [1.82, 2.24) is 10.2 Å². The Bertz CT molecular complexity index is 221. The maximum Gasteiger partial charge on any atom is 0.0589 e. The Morgan fingerprint density at radius 3 is 2.56 bits per heavy atom. The van der Waals surface area contributed by atoms with Crippen LogP contribution in [0.2, 0.25) is 0 Å². The summed E-state index contributed by atoms with van der Waals surface area (Å²) >= 11 is 0. The quantitative estimate of drug-likeness (QED) is 0.757. The topological polar surface area (TPSA) is 24.5 Å². The van der Waals surface area contributed by atoms with Gasteiger partial charge >= 0.3 is 0 Å². The summed E-state index contributed by atoms with van der Waals surface area (Å²) < 4.78 is 5.27. The minimum absolute atomic E-state index is 0.594. The normalized spacial score (nSPS) is 29.2. The molecule has 1 rings (SSSR count). The highest BCUT2D eigenvalue weighted by atomic mass is 16.5. The number of nitrogens with zero attached hydrogens (tertiary/aromatic N) is 1. The SMILES string of the molecule is CCC1CCC(NC)C(N(CCOC)C(C)C)C1. The molecule has 3 unspecified atom stereocenters. The molecular weight excluding hydrogens is 224 g/mol. The van der Waals surface area contributed by atoms with Gasteiger partial charge < -0.3 is 10.1 Å².